The van der Waals surface area contributed by atoms with Crippen molar-refractivity contribution in [1.29, 1.82) is 0 Å². The third kappa shape index (κ3) is 12.3. The fraction of sp³-hybridized carbons (Fsp3) is 0.667. The topological polar surface area (TPSA) is 215 Å². The van der Waals surface area contributed by atoms with Crippen molar-refractivity contribution in [3.8, 4) is 0 Å². The van der Waals surface area contributed by atoms with Crippen LogP contribution < -0.4 is 5.73 Å². The van der Waals surface area contributed by atoms with Gasteiger partial charge in [0, 0.05) is 0 Å². The molecule has 0 aromatic heterocycles. The molecule has 1 fully saturated rings. The first-order valence-electron chi connectivity index (χ1n) is 12.1. The Bertz CT molecular complexity index is 929. The van der Waals surface area contributed by atoms with E-state index in [0.717, 1.165) is 31.3 Å². The summed E-state index contributed by atoms with van der Waals surface area (Å²) in [6, 6.07) is 0. The van der Waals surface area contributed by atoms with Crippen LogP contribution in [0.5, 0.6) is 0 Å². The average Bonchev–Trinajstić information content (AvgIpc) is 2.80. The molecule has 4 unspecified atom stereocenters. The van der Waals surface area contributed by atoms with Crippen LogP contribution in [0.2, 0.25) is 0 Å². The van der Waals surface area contributed by atoms with Crippen molar-refractivity contribution >= 4 is 19.7 Å². The third-order valence-electron chi connectivity index (χ3n) is 5.60. The number of allylic oxidation sites excluding steroid dienone is 5. The number of carbonyl (C=O) groups is 2. The van der Waals surface area contributed by atoms with Crippen LogP contribution in [0.3, 0.4) is 0 Å². The van der Waals surface area contributed by atoms with Gasteiger partial charge in [-0.3, -0.25) is 13.8 Å². The molecule has 0 bridgehead atoms. The van der Waals surface area contributed by atoms with E-state index in [1.807, 2.05) is 6.92 Å². The Morgan fingerprint density at radius 3 is 2.11 bits per heavy atom. The Morgan fingerprint density at radius 2 is 1.55 bits per heavy atom. The van der Waals surface area contributed by atoms with Crippen LogP contribution in [-0.4, -0.2) is 87.2 Å². The van der Waals surface area contributed by atoms with Crippen molar-refractivity contribution < 1.29 is 58.0 Å². The van der Waals surface area contributed by atoms with Crippen molar-refractivity contribution in [2.24, 2.45) is 5.73 Å². The van der Waals surface area contributed by atoms with Crippen molar-refractivity contribution in [3.63, 3.8) is 0 Å². The second-order valence-electron chi connectivity index (χ2n) is 9.29. The lowest BCUT2D eigenvalue weighted by Gasteiger charge is -2.38. The highest BCUT2D eigenvalue weighted by Gasteiger charge is 2.49. The molecule has 38 heavy (non-hydrogen) atoms. The Morgan fingerprint density at radius 1 is 0.974 bits per heavy atom. The van der Waals surface area contributed by atoms with Crippen LogP contribution in [0.4, 0.5) is 0 Å². The molecule has 1 saturated heterocycles. The summed E-state index contributed by atoms with van der Waals surface area (Å²) < 4.78 is 31.7. The number of carboxylic acids is 1. The van der Waals surface area contributed by atoms with Crippen LogP contribution in [0.15, 0.2) is 34.9 Å². The van der Waals surface area contributed by atoms with E-state index in [4.69, 9.17) is 15.2 Å². The Balaban J connectivity index is 2.57. The van der Waals surface area contributed by atoms with E-state index in [9.17, 15) is 39.5 Å². The molecule has 1 aliphatic heterocycles. The molecule has 0 spiro atoms. The van der Waals surface area contributed by atoms with E-state index in [1.54, 1.807) is 6.08 Å². The molecule has 1 aliphatic rings. The van der Waals surface area contributed by atoms with Crippen LogP contribution in [0.25, 0.3) is 0 Å². The molecule has 1 heterocycles. The van der Waals surface area contributed by atoms with Gasteiger partial charge in [-0.1, -0.05) is 34.9 Å². The third-order valence-corrected chi connectivity index (χ3v) is 6.55. The number of amides is 1. The number of hydrogen-bond donors (Lipinski definition) is 6. The van der Waals surface area contributed by atoms with E-state index in [1.165, 1.54) is 11.1 Å². The molecular formula is C24H40NO12P. The summed E-state index contributed by atoms with van der Waals surface area (Å²) in [5.74, 6) is -2.69. The number of carboxylic acid groups (broad SMARTS) is 1. The van der Waals surface area contributed by atoms with Gasteiger partial charge >= 0.3 is 13.8 Å². The predicted molar refractivity (Wildman–Crippen MR) is 136 cm³/mol. The predicted octanol–water partition coefficient (Wildman–Crippen LogP) is 1.30. The first kappa shape index (κ1) is 34.1. The molecule has 0 aromatic rings. The SMILES string of the molecule is CC(C)=CCC/C(C)=C/CC/C(C)=C\CO[C@H](COP(=O)(O)OC1OC(C(N)=O)C(O)[C@H](O)[C@@H]1O)C(=O)O. The molecule has 7 atom stereocenters. The summed E-state index contributed by atoms with van der Waals surface area (Å²) in [5.41, 5.74) is 8.57. The van der Waals surface area contributed by atoms with Gasteiger partial charge in [0.15, 0.2) is 18.5 Å². The number of hydrogen-bond acceptors (Lipinski definition) is 10. The molecule has 0 aromatic carbocycles. The van der Waals surface area contributed by atoms with Crippen molar-refractivity contribution in [3.05, 3.63) is 34.9 Å². The normalized spacial score (nSPS) is 26.9. The zero-order chi connectivity index (χ0) is 29.0. The van der Waals surface area contributed by atoms with Gasteiger partial charge < -0.3 is 40.5 Å². The Kier molecular flexibility index (Phi) is 14.6. The zero-order valence-corrected chi connectivity index (χ0v) is 23.0. The largest absolute Gasteiger partial charge is 0.479 e. The van der Waals surface area contributed by atoms with Gasteiger partial charge in [-0.15, -0.1) is 0 Å². The number of ether oxygens (including phenoxy) is 2. The first-order chi connectivity index (χ1) is 17.6. The quantitative estimate of drug-likeness (QED) is 0.115. The summed E-state index contributed by atoms with van der Waals surface area (Å²) in [4.78, 5) is 32.7. The number of phosphoric ester groups is 1. The van der Waals surface area contributed by atoms with Gasteiger partial charge in [-0.05, 0) is 53.4 Å². The van der Waals surface area contributed by atoms with E-state index >= 15 is 0 Å². The number of aliphatic carboxylic acids is 1. The zero-order valence-electron chi connectivity index (χ0n) is 22.1. The van der Waals surface area contributed by atoms with Crippen molar-refractivity contribution in [1.82, 2.24) is 0 Å². The lowest BCUT2D eigenvalue weighted by atomic mass is 9.99. The number of aliphatic hydroxyl groups excluding tert-OH is 3. The minimum atomic E-state index is -5.08. The van der Waals surface area contributed by atoms with E-state index in [0.29, 0.717) is 0 Å². The number of carbonyl (C=O) groups excluding carboxylic acids is 1. The van der Waals surface area contributed by atoms with Gasteiger partial charge in [0.25, 0.3) is 0 Å². The van der Waals surface area contributed by atoms with Crippen LogP contribution in [0.1, 0.15) is 53.4 Å². The highest BCUT2D eigenvalue weighted by molar-refractivity contribution is 7.47. The molecule has 0 saturated carbocycles. The smallest absolute Gasteiger partial charge is 0.474 e. The lowest BCUT2D eigenvalue weighted by Crippen LogP contribution is -2.61. The van der Waals surface area contributed by atoms with Crippen LogP contribution >= 0.6 is 7.82 Å². The van der Waals surface area contributed by atoms with Gasteiger partial charge in [-0.25, -0.2) is 9.36 Å². The maximum atomic E-state index is 12.3. The number of aliphatic hydroxyl groups is 3. The number of rotatable bonds is 16. The van der Waals surface area contributed by atoms with E-state index in [-0.39, 0.29) is 6.61 Å². The van der Waals surface area contributed by atoms with Crippen molar-refractivity contribution in [2.75, 3.05) is 13.2 Å². The van der Waals surface area contributed by atoms with Gasteiger partial charge in [0.2, 0.25) is 5.91 Å². The fourth-order valence-electron chi connectivity index (χ4n) is 3.33. The number of nitrogens with two attached hydrogens (primary N) is 1. The van der Waals surface area contributed by atoms with Gasteiger partial charge in [-0.2, -0.15) is 0 Å². The molecule has 13 nitrogen and oxygen atoms in total. The maximum absolute atomic E-state index is 12.3. The molecule has 7 N–H and O–H groups in total. The molecule has 1 rings (SSSR count). The second kappa shape index (κ2) is 16.2. The van der Waals surface area contributed by atoms with E-state index < -0.39 is 63.1 Å². The monoisotopic (exact) mass is 565 g/mol. The highest BCUT2D eigenvalue weighted by Crippen LogP contribution is 2.46. The molecule has 218 valence electrons. The number of phosphoric acid groups is 1. The second-order valence-corrected chi connectivity index (χ2v) is 10.7. The molecule has 0 radical (unpaired) electrons. The summed E-state index contributed by atoms with van der Waals surface area (Å²) in [5, 5.41) is 38.8. The molecule has 0 aliphatic carbocycles. The molecule has 14 heteroatoms. The minimum Gasteiger partial charge on any atom is -0.479 e. The lowest BCUT2D eigenvalue weighted by molar-refractivity contribution is -0.270. The first-order valence-corrected chi connectivity index (χ1v) is 13.6. The molecule has 1 amide bonds. The number of primary amides is 1. The summed E-state index contributed by atoms with van der Waals surface area (Å²) in [6.45, 7) is 7.07. The minimum absolute atomic E-state index is 0.0964. The Labute approximate surface area is 222 Å². The highest BCUT2D eigenvalue weighted by atomic mass is 31.2. The van der Waals surface area contributed by atoms with Gasteiger partial charge in [0.1, 0.15) is 18.3 Å². The average molecular weight is 566 g/mol. The molecular weight excluding hydrogens is 525 g/mol. The van der Waals surface area contributed by atoms with Gasteiger partial charge in [0.05, 0.1) is 13.2 Å². The summed E-state index contributed by atoms with van der Waals surface area (Å²) in [7, 11) is -5.08. The standard InChI is InChI=1S/C24H40NO12P/c1-14(2)7-5-8-15(3)9-6-10-16(4)11-12-34-17(23(30)31)13-35-38(32,33)37-24-20(28)18(26)19(27)21(36-24)22(25)29/h7,9,11,17-21,24,26-28H,5-6,8,10,12-13H2,1-4H3,(H2,25,29)(H,30,31)(H,32,33)/b15-9+,16-11-/t17-,18+,19?,20+,21?,24?/m1/s1. The van der Waals surface area contributed by atoms with Crippen molar-refractivity contribution in [2.45, 2.75) is 90.2 Å². The summed E-state index contributed by atoms with van der Waals surface area (Å²) >= 11 is 0. The van der Waals surface area contributed by atoms with Crippen LogP contribution in [-0.2, 0) is 32.7 Å². The summed E-state index contributed by atoms with van der Waals surface area (Å²) in [6.07, 6.45) is -1.93. The maximum Gasteiger partial charge on any atom is 0.474 e. The van der Waals surface area contributed by atoms with Crippen LogP contribution in [0, 0.1) is 0 Å². The Hall–Kier alpha value is -1.93. The van der Waals surface area contributed by atoms with E-state index in [2.05, 4.69) is 42.0 Å². The fourth-order valence-corrected chi connectivity index (χ4v) is 4.15.